The quantitative estimate of drug-likeness (QED) is 0.183. The maximum atomic E-state index is 14.3. The highest BCUT2D eigenvalue weighted by Gasteiger charge is 2.41. The number of hydrogen-bond donors (Lipinski definition) is 2. The Hall–Kier alpha value is -3.90. The molecule has 4 rings (SSSR count). The van der Waals surface area contributed by atoms with Gasteiger partial charge in [-0.15, -0.1) is 22.7 Å². The van der Waals surface area contributed by atoms with Crippen molar-refractivity contribution in [2.75, 3.05) is 27.7 Å². The van der Waals surface area contributed by atoms with Crippen LogP contribution in [0.1, 0.15) is 112 Å². The van der Waals surface area contributed by atoms with Crippen LogP contribution >= 0.6 is 22.7 Å². The van der Waals surface area contributed by atoms with Crippen LogP contribution in [0.25, 0.3) is 0 Å². The summed E-state index contributed by atoms with van der Waals surface area (Å²) in [6.45, 7) is 9.28. The summed E-state index contributed by atoms with van der Waals surface area (Å²) in [5.74, 6) is -2.76. The predicted octanol–water partition coefficient (Wildman–Crippen LogP) is 5.92. The molecule has 0 aromatic carbocycles. The average Bonchev–Trinajstić information content (AvgIpc) is 3.66. The van der Waals surface area contributed by atoms with Gasteiger partial charge in [-0.25, -0.2) is 9.97 Å². The normalized spacial score (nSPS) is 18.8. The smallest absolute Gasteiger partial charge is 0.434 e. The van der Waals surface area contributed by atoms with E-state index in [2.05, 4.69) is 20.6 Å². The van der Waals surface area contributed by atoms with Gasteiger partial charge in [-0.1, -0.05) is 25.8 Å². The summed E-state index contributed by atoms with van der Waals surface area (Å²) >= 11 is 1.86. The Morgan fingerprint density at radius 3 is 2.29 bits per heavy atom. The number of thiazole rings is 2. The number of esters is 2. The van der Waals surface area contributed by atoms with Crippen molar-refractivity contribution in [2.45, 2.75) is 116 Å². The molecule has 2 aromatic rings. The zero-order valence-electron chi connectivity index (χ0n) is 33.2. The molecule has 56 heavy (non-hydrogen) atoms. The van der Waals surface area contributed by atoms with Gasteiger partial charge in [0.25, 0.3) is 5.91 Å². The lowest BCUT2D eigenvalue weighted by molar-refractivity contribution is -0.147. The van der Waals surface area contributed by atoms with Gasteiger partial charge in [0.15, 0.2) is 11.8 Å². The molecule has 1 aliphatic carbocycles. The number of hydrogen-bond acceptors (Lipinski definition) is 12. The Labute approximate surface area is 333 Å². The average molecular weight is 827 g/mol. The lowest BCUT2D eigenvalue weighted by atomic mass is 9.93. The van der Waals surface area contributed by atoms with Crippen LogP contribution in [-0.4, -0.2) is 95.3 Å². The van der Waals surface area contributed by atoms with Crippen LogP contribution in [0.2, 0.25) is 0 Å². The lowest BCUT2D eigenvalue weighted by Gasteiger charge is -2.35. The number of nitrogens with one attached hydrogen (secondary N) is 2. The first kappa shape index (κ1) is 44.8. The van der Waals surface area contributed by atoms with Gasteiger partial charge in [-0.05, 0) is 71.4 Å². The number of ether oxygens (including phenoxy) is 2. The minimum atomic E-state index is -4.63. The standard InChI is InChI=1S/C38H53F3N6O7S2/c1-20(2)28(47(7)36(51)32(22(4)24-12-13-24)45-34(50)27-11-9-10-14-46(27)6)17-29(54-23(5)48)35-43-26(18-56-35)33(49)42-25(15-21(3)37(52)53-8)16-31-44-30(19-55-31)38(39,40)41/h18-19,21-22,24-25,27,29,32H,9-17H2,1-8H3,(H,42,49)(H,45,50)/t21-,22-,25+,27+,29+,32-/m0/s1. The van der Waals surface area contributed by atoms with E-state index in [0.717, 1.165) is 72.3 Å². The third-order valence-electron chi connectivity index (χ3n) is 10.4. The highest BCUT2D eigenvalue weighted by molar-refractivity contribution is 7.10. The molecule has 3 heterocycles. The van der Waals surface area contributed by atoms with Crippen LogP contribution < -0.4 is 10.6 Å². The van der Waals surface area contributed by atoms with Gasteiger partial charge in [0.05, 0.1) is 24.1 Å². The van der Waals surface area contributed by atoms with E-state index in [4.69, 9.17) is 9.47 Å². The maximum Gasteiger partial charge on any atom is 0.434 e. The van der Waals surface area contributed by atoms with Crippen molar-refractivity contribution in [3.05, 3.63) is 43.4 Å². The second-order valence-corrected chi connectivity index (χ2v) is 16.9. The Kier molecular flexibility index (Phi) is 15.6. The van der Waals surface area contributed by atoms with Crippen LogP contribution in [0.5, 0.6) is 0 Å². The molecule has 310 valence electrons. The summed E-state index contributed by atoms with van der Waals surface area (Å²) in [4.78, 5) is 77.7. The summed E-state index contributed by atoms with van der Waals surface area (Å²) in [5, 5.41) is 8.63. The fourth-order valence-corrected chi connectivity index (χ4v) is 8.71. The highest BCUT2D eigenvalue weighted by Crippen LogP contribution is 2.39. The molecule has 0 bridgehead atoms. The number of allylic oxidation sites excluding steroid dienone is 1. The third kappa shape index (κ3) is 12.1. The number of halogens is 3. The first-order valence-electron chi connectivity index (χ1n) is 18.8. The summed E-state index contributed by atoms with van der Waals surface area (Å²) in [6.07, 6.45) is -0.987. The van der Waals surface area contributed by atoms with Gasteiger partial charge >= 0.3 is 18.1 Å². The number of piperidine rings is 1. The van der Waals surface area contributed by atoms with E-state index in [-0.39, 0.29) is 58.7 Å². The summed E-state index contributed by atoms with van der Waals surface area (Å²) < 4.78 is 50.2. The highest BCUT2D eigenvalue weighted by atomic mass is 32.1. The number of likely N-dealkylation sites (N-methyl/N-ethyl adjacent to an activating group) is 2. The number of aromatic nitrogens is 2. The molecule has 1 saturated heterocycles. The van der Waals surface area contributed by atoms with E-state index < -0.39 is 53.8 Å². The number of likely N-dealkylation sites (tertiary alicyclic amines) is 1. The lowest BCUT2D eigenvalue weighted by Crippen LogP contribution is -2.56. The molecule has 6 atom stereocenters. The number of amides is 3. The van der Waals surface area contributed by atoms with Crippen molar-refractivity contribution in [1.82, 2.24) is 30.4 Å². The summed E-state index contributed by atoms with van der Waals surface area (Å²) in [6, 6.07) is -1.89. The summed E-state index contributed by atoms with van der Waals surface area (Å²) in [7, 11) is 4.77. The van der Waals surface area contributed by atoms with Crippen molar-refractivity contribution >= 4 is 52.3 Å². The Bertz CT molecular complexity index is 1760. The van der Waals surface area contributed by atoms with Crippen molar-refractivity contribution in [3.63, 3.8) is 0 Å². The molecule has 0 spiro atoms. The van der Waals surface area contributed by atoms with Crippen LogP contribution in [-0.2, 0) is 41.2 Å². The van der Waals surface area contributed by atoms with Gasteiger partial charge in [0.1, 0.15) is 16.7 Å². The molecule has 13 nitrogen and oxygen atoms in total. The van der Waals surface area contributed by atoms with E-state index >= 15 is 0 Å². The molecule has 3 amide bonds. The molecular weight excluding hydrogens is 774 g/mol. The topological polar surface area (TPSA) is 160 Å². The van der Waals surface area contributed by atoms with Gasteiger partial charge < -0.3 is 25.0 Å². The van der Waals surface area contributed by atoms with Crippen LogP contribution in [0.15, 0.2) is 22.0 Å². The van der Waals surface area contributed by atoms with Crippen molar-refractivity contribution in [1.29, 1.82) is 0 Å². The first-order chi connectivity index (χ1) is 26.3. The third-order valence-corrected chi connectivity index (χ3v) is 12.2. The molecule has 2 fully saturated rings. The molecule has 1 aliphatic heterocycles. The second-order valence-electron chi connectivity index (χ2n) is 15.1. The zero-order valence-corrected chi connectivity index (χ0v) is 34.8. The number of methoxy groups -OCH3 is 1. The Balaban J connectivity index is 1.54. The van der Waals surface area contributed by atoms with Crippen LogP contribution in [0.3, 0.4) is 0 Å². The molecule has 1 saturated carbocycles. The Morgan fingerprint density at radius 1 is 1.02 bits per heavy atom. The van der Waals surface area contributed by atoms with E-state index in [1.807, 2.05) is 32.7 Å². The van der Waals surface area contributed by atoms with Crippen LogP contribution in [0.4, 0.5) is 13.2 Å². The molecule has 2 N–H and O–H groups in total. The molecular formula is C38H53F3N6O7S2. The van der Waals surface area contributed by atoms with Gasteiger partial charge in [0, 0.05) is 49.3 Å². The molecule has 18 heteroatoms. The van der Waals surface area contributed by atoms with Crippen molar-refractivity contribution in [3.8, 4) is 0 Å². The number of carbonyl (C=O) groups is 5. The molecule has 0 radical (unpaired) electrons. The van der Waals surface area contributed by atoms with E-state index in [1.165, 1.54) is 24.3 Å². The number of carbonyl (C=O) groups excluding carboxylic acids is 5. The van der Waals surface area contributed by atoms with E-state index in [0.29, 0.717) is 11.6 Å². The number of rotatable bonds is 17. The number of nitrogens with zero attached hydrogens (tertiary/aromatic N) is 4. The molecule has 2 aliphatic rings. The fraction of sp³-hybridized carbons (Fsp3) is 0.658. The van der Waals surface area contributed by atoms with Gasteiger partial charge in [0.2, 0.25) is 11.8 Å². The summed E-state index contributed by atoms with van der Waals surface area (Å²) in [5.41, 5.74) is 0.238. The molecule has 0 unspecified atom stereocenters. The second kappa shape index (κ2) is 19.5. The van der Waals surface area contributed by atoms with Crippen LogP contribution in [0, 0.1) is 17.8 Å². The van der Waals surface area contributed by atoms with E-state index in [9.17, 15) is 37.1 Å². The predicted molar refractivity (Wildman–Crippen MR) is 204 cm³/mol. The van der Waals surface area contributed by atoms with Gasteiger partial charge in [-0.3, -0.25) is 28.9 Å². The Morgan fingerprint density at radius 2 is 1.71 bits per heavy atom. The maximum absolute atomic E-state index is 14.3. The van der Waals surface area contributed by atoms with Gasteiger partial charge in [-0.2, -0.15) is 13.2 Å². The largest absolute Gasteiger partial charge is 0.469 e. The SMILES string of the molecule is COC(=O)[C@@H](C)C[C@H](Cc1nc(C(F)(F)F)cs1)NC(=O)c1csc([C@@H](CC(=C(C)C)N(C)C(=O)[C@@H](NC(=O)[C@H]2CCCCN2C)[C@@H](C)C2CC2)OC(C)=O)n1. The number of alkyl halides is 3. The minimum absolute atomic E-state index is 0.0351. The zero-order chi connectivity index (χ0) is 41.5. The first-order valence-corrected chi connectivity index (χ1v) is 20.5. The van der Waals surface area contributed by atoms with Crippen molar-refractivity contribution in [2.24, 2.45) is 17.8 Å². The monoisotopic (exact) mass is 826 g/mol. The molecule has 2 aromatic heterocycles. The minimum Gasteiger partial charge on any atom is -0.469 e. The fourth-order valence-electron chi connectivity index (χ4n) is 7.00. The van der Waals surface area contributed by atoms with E-state index in [1.54, 1.807) is 14.0 Å². The van der Waals surface area contributed by atoms with Crippen molar-refractivity contribution < 1.29 is 46.6 Å².